The molecule has 4 unspecified atom stereocenters. The van der Waals surface area contributed by atoms with Crippen LogP contribution in [0.25, 0.3) is 0 Å². The number of fused-ring (bicyclic) bond motifs is 2. The van der Waals surface area contributed by atoms with Crippen LogP contribution in [0.5, 0.6) is 0 Å². The van der Waals surface area contributed by atoms with E-state index in [2.05, 4.69) is 34.6 Å². The second-order valence-corrected chi connectivity index (χ2v) is 7.34. The minimum absolute atomic E-state index is 0.586. The summed E-state index contributed by atoms with van der Waals surface area (Å²) in [4.78, 5) is 0. The van der Waals surface area contributed by atoms with E-state index in [0.29, 0.717) is 5.41 Å². The van der Waals surface area contributed by atoms with E-state index in [-0.39, 0.29) is 0 Å². The van der Waals surface area contributed by atoms with Gasteiger partial charge in [-0.1, -0.05) is 47.0 Å². The summed E-state index contributed by atoms with van der Waals surface area (Å²) < 4.78 is 1.45. The third-order valence-corrected chi connectivity index (χ3v) is 6.96. The molecule has 2 saturated heterocycles. The molecule has 0 spiro atoms. The SMILES string of the molecule is CCC1C2CC[N+](CC)(C2)CC1C(C)(CC)CC. The summed E-state index contributed by atoms with van der Waals surface area (Å²) in [6.45, 7) is 18.1. The summed E-state index contributed by atoms with van der Waals surface area (Å²) in [6.07, 6.45) is 5.64. The molecule has 2 rings (SSSR count). The van der Waals surface area contributed by atoms with Gasteiger partial charge in [0.1, 0.15) is 0 Å². The number of quaternary nitrogens is 1. The molecular formula is C17H34N+. The Morgan fingerprint density at radius 2 is 1.72 bits per heavy atom. The van der Waals surface area contributed by atoms with E-state index in [1.807, 2.05) is 0 Å². The third kappa shape index (κ3) is 2.13. The van der Waals surface area contributed by atoms with Crippen molar-refractivity contribution < 1.29 is 4.48 Å². The van der Waals surface area contributed by atoms with Gasteiger partial charge in [0.2, 0.25) is 0 Å². The Morgan fingerprint density at radius 1 is 1.06 bits per heavy atom. The monoisotopic (exact) mass is 252 g/mol. The fourth-order valence-corrected chi connectivity index (χ4v) is 5.06. The first-order valence-electron chi connectivity index (χ1n) is 8.39. The highest BCUT2D eigenvalue weighted by atomic mass is 15.4. The van der Waals surface area contributed by atoms with E-state index in [1.165, 1.54) is 56.3 Å². The van der Waals surface area contributed by atoms with E-state index >= 15 is 0 Å². The summed E-state index contributed by atoms with van der Waals surface area (Å²) in [5.41, 5.74) is 0.586. The number of nitrogens with zero attached hydrogens (tertiary/aromatic N) is 1. The minimum atomic E-state index is 0.586. The average molecular weight is 252 g/mol. The molecule has 0 aromatic rings. The van der Waals surface area contributed by atoms with Crippen LogP contribution in [0.3, 0.4) is 0 Å². The van der Waals surface area contributed by atoms with Gasteiger partial charge in [-0.15, -0.1) is 0 Å². The molecule has 0 aliphatic carbocycles. The Hall–Kier alpha value is -0.0400. The lowest BCUT2D eigenvalue weighted by Crippen LogP contribution is -2.57. The summed E-state index contributed by atoms with van der Waals surface area (Å²) in [7, 11) is 0. The molecule has 1 nitrogen and oxygen atoms in total. The minimum Gasteiger partial charge on any atom is -0.323 e. The molecule has 0 radical (unpaired) electrons. The zero-order valence-corrected chi connectivity index (χ0v) is 13.3. The van der Waals surface area contributed by atoms with E-state index in [4.69, 9.17) is 0 Å². The van der Waals surface area contributed by atoms with Crippen LogP contribution in [0.1, 0.15) is 60.3 Å². The van der Waals surface area contributed by atoms with Crippen LogP contribution in [0.2, 0.25) is 0 Å². The highest BCUT2D eigenvalue weighted by Gasteiger charge is 2.53. The molecule has 2 fully saturated rings. The fraction of sp³-hybridized carbons (Fsp3) is 1.00. The van der Waals surface area contributed by atoms with Crippen molar-refractivity contribution in [2.45, 2.75) is 60.3 Å². The maximum absolute atomic E-state index is 2.57. The predicted molar refractivity (Wildman–Crippen MR) is 79.5 cm³/mol. The highest BCUT2D eigenvalue weighted by molar-refractivity contribution is 4.92. The highest BCUT2D eigenvalue weighted by Crippen LogP contribution is 2.51. The Balaban J connectivity index is 2.27. The predicted octanol–water partition coefficient (Wildman–Crippen LogP) is 4.33. The zero-order valence-electron chi connectivity index (χ0n) is 13.3. The molecule has 0 aromatic heterocycles. The first-order valence-corrected chi connectivity index (χ1v) is 8.39. The van der Waals surface area contributed by atoms with E-state index < -0.39 is 0 Å². The van der Waals surface area contributed by atoms with Crippen molar-refractivity contribution in [3.63, 3.8) is 0 Å². The van der Waals surface area contributed by atoms with Crippen LogP contribution >= 0.6 is 0 Å². The van der Waals surface area contributed by atoms with E-state index in [0.717, 1.165) is 17.8 Å². The Kier molecular flexibility index (Phi) is 4.11. The van der Waals surface area contributed by atoms with E-state index in [9.17, 15) is 0 Å². The number of hydrogen-bond acceptors (Lipinski definition) is 0. The molecule has 2 heterocycles. The molecule has 2 aliphatic rings. The second-order valence-electron chi connectivity index (χ2n) is 7.34. The lowest BCUT2D eigenvalue weighted by Gasteiger charge is -2.50. The van der Waals surface area contributed by atoms with E-state index in [1.54, 1.807) is 0 Å². The summed E-state index contributed by atoms with van der Waals surface area (Å²) in [5.74, 6) is 3.01. The number of piperidine rings is 1. The van der Waals surface area contributed by atoms with Crippen molar-refractivity contribution in [3.8, 4) is 0 Å². The molecular weight excluding hydrogens is 218 g/mol. The molecule has 2 bridgehead atoms. The normalized spacial score (nSPS) is 40.2. The van der Waals surface area contributed by atoms with Crippen LogP contribution in [-0.2, 0) is 0 Å². The zero-order chi connectivity index (χ0) is 13.4. The number of hydrogen-bond donors (Lipinski definition) is 0. The van der Waals surface area contributed by atoms with Crippen molar-refractivity contribution in [2.24, 2.45) is 23.2 Å². The molecule has 18 heavy (non-hydrogen) atoms. The third-order valence-electron chi connectivity index (χ3n) is 6.96. The molecule has 0 aromatic carbocycles. The molecule has 106 valence electrons. The smallest absolute Gasteiger partial charge is 0.0823 e. The molecule has 0 N–H and O–H groups in total. The summed E-state index contributed by atoms with van der Waals surface area (Å²) >= 11 is 0. The van der Waals surface area contributed by atoms with Crippen molar-refractivity contribution >= 4 is 0 Å². The van der Waals surface area contributed by atoms with Gasteiger partial charge in [-0.25, -0.2) is 0 Å². The molecule has 4 atom stereocenters. The Bertz CT molecular complexity index is 281. The van der Waals surface area contributed by atoms with Gasteiger partial charge in [-0.2, -0.15) is 0 Å². The van der Waals surface area contributed by atoms with Crippen molar-refractivity contribution in [1.82, 2.24) is 0 Å². The standard InChI is InChI=1S/C17H34N/c1-6-15-14-10-11-18(9-4,12-14)13-16(15)17(5,7-2)8-3/h14-16H,6-13H2,1-5H3/q+1. The first-order chi connectivity index (χ1) is 8.54. The summed E-state index contributed by atoms with van der Waals surface area (Å²) in [6, 6.07) is 0. The lowest BCUT2D eigenvalue weighted by molar-refractivity contribution is -0.925. The Labute approximate surface area is 115 Å². The number of rotatable bonds is 5. The van der Waals surface area contributed by atoms with Gasteiger partial charge >= 0.3 is 0 Å². The average Bonchev–Trinajstić information content (AvgIpc) is 2.76. The van der Waals surface area contributed by atoms with Gasteiger partial charge in [-0.05, 0) is 18.3 Å². The van der Waals surface area contributed by atoms with Gasteiger partial charge in [0.25, 0.3) is 0 Å². The quantitative estimate of drug-likeness (QED) is 0.639. The van der Waals surface area contributed by atoms with Crippen LogP contribution < -0.4 is 0 Å². The molecule has 0 saturated carbocycles. The van der Waals surface area contributed by atoms with Crippen LogP contribution in [0, 0.1) is 23.2 Å². The van der Waals surface area contributed by atoms with Gasteiger partial charge in [0.05, 0.1) is 26.2 Å². The van der Waals surface area contributed by atoms with Crippen LogP contribution in [0.15, 0.2) is 0 Å². The van der Waals surface area contributed by atoms with Crippen molar-refractivity contribution in [3.05, 3.63) is 0 Å². The maximum Gasteiger partial charge on any atom is 0.0823 e. The van der Waals surface area contributed by atoms with Gasteiger partial charge < -0.3 is 4.48 Å². The Morgan fingerprint density at radius 3 is 2.22 bits per heavy atom. The molecule has 1 heteroatoms. The largest absolute Gasteiger partial charge is 0.323 e. The lowest BCUT2D eigenvalue weighted by atomic mass is 9.62. The fourth-order valence-electron chi connectivity index (χ4n) is 5.06. The maximum atomic E-state index is 2.57. The molecule has 0 amide bonds. The van der Waals surface area contributed by atoms with Crippen molar-refractivity contribution in [2.75, 3.05) is 26.2 Å². The van der Waals surface area contributed by atoms with Crippen LogP contribution in [0.4, 0.5) is 0 Å². The first kappa shape index (κ1) is 14.4. The topological polar surface area (TPSA) is 0 Å². The second kappa shape index (κ2) is 5.15. The van der Waals surface area contributed by atoms with Gasteiger partial charge in [0, 0.05) is 18.3 Å². The van der Waals surface area contributed by atoms with Crippen molar-refractivity contribution in [1.29, 1.82) is 0 Å². The van der Waals surface area contributed by atoms with Crippen LogP contribution in [-0.4, -0.2) is 30.7 Å². The summed E-state index contributed by atoms with van der Waals surface area (Å²) in [5, 5.41) is 0. The van der Waals surface area contributed by atoms with Gasteiger partial charge in [-0.3, -0.25) is 0 Å². The molecule has 2 aliphatic heterocycles. The van der Waals surface area contributed by atoms with Gasteiger partial charge in [0.15, 0.2) is 0 Å².